The number of nitrogens with one attached hydrogen (secondary N) is 1. The number of carbonyl (C=O) groups excluding carboxylic acids is 2. The number of benzene rings is 1. The first-order valence-electron chi connectivity index (χ1n) is 9.18. The van der Waals surface area contributed by atoms with Crippen molar-refractivity contribution in [3.8, 4) is 12.1 Å². The molecule has 1 amide bonds. The van der Waals surface area contributed by atoms with Gasteiger partial charge in [-0.15, -0.1) is 0 Å². The van der Waals surface area contributed by atoms with Gasteiger partial charge in [-0.2, -0.15) is 10.5 Å². The minimum Gasteiger partial charge on any atom is -0.451 e. The van der Waals surface area contributed by atoms with Crippen molar-refractivity contribution in [2.45, 2.75) is 37.6 Å². The summed E-state index contributed by atoms with van der Waals surface area (Å²) in [6.45, 7) is -0.527. The molecule has 1 aliphatic rings. The van der Waals surface area contributed by atoms with Crippen LogP contribution in [-0.4, -0.2) is 38.1 Å². The summed E-state index contributed by atoms with van der Waals surface area (Å²) >= 11 is 0. The minimum absolute atomic E-state index is 0.196. The van der Waals surface area contributed by atoms with E-state index in [0.717, 1.165) is 24.9 Å². The van der Waals surface area contributed by atoms with Crippen LogP contribution in [0.15, 0.2) is 29.8 Å². The number of amides is 1. The summed E-state index contributed by atoms with van der Waals surface area (Å²) in [7, 11) is 3.83. The molecule has 1 N–H and O–H groups in total. The van der Waals surface area contributed by atoms with Crippen LogP contribution in [0.5, 0.6) is 0 Å². The van der Waals surface area contributed by atoms with Gasteiger partial charge in [-0.1, -0.05) is 31.4 Å². The van der Waals surface area contributed by atoms with Gasteiger partial charge in [-0.3, -0.25) is 4.79 Å². The van der Waals surface area contributed by atoms with Gasteiger partial charge in [-0.25, -0.2) is 4.79 Å². The average molecular weight is 380 g/mol. The molecule has 0 aliphatic heterocycles. The molecule has 1 fully saturated rings. The average Bonchev–Trinajstić information content (AvgIpc) is 2.71. The molecule has 0 spiro atoms. The van der Waals surface area contributed by atoms with E-state index in [1.165, 1.54) is 6.08 Å². The van der Waals surface area contributed by atoms with Crippen molar-refractivity contribution in [2.75, 3.05) is 25.6 Å². The van der Waals surface area contributed by atoms with E-state index in [1.54, 1.807) is 18.2 Å². The van der Waals surface area contributed by atoms with Crippen LogP contribution in [0.2, 0.25) is 0 Å². The Labute approximate surface area is 165 Å². The maximum atomic E-state index is 12.1. The Hall–Kier alpha value is -3.32. The van der Waals surface area contributed by atoms with Crippen LogP contribution in [0.3, 0.4) is 0 Å². The lowest BCUT2D eigenvalue weighted by Crippen LogP contribution is -2.50. The highest BCUT2D eigenvalue weighted by atomic mass is 16.5. The quantitative estimate of drug-likeness (QED) is 0.462. The molecule has 1 aliphatic carbocycles. The first-order chi connectivity index (χ1) is 13.4. The fourth-order valence-corrected chi connectivity index (χ4v) is 3.10. The van der Waals surface area contributed by atoms with Gasteiger partial charge >= 0.3 is 5.97 Å². The molecule has 0 heterocycles. The highest BCUT2D eigenvalue weighted by Crippen LogP contribution is 2.27. The van der Waals surface area contributed by atoms with Gasteiger partial charge in [0.15, 0.2) is 6.61 Å². The normalized spacial score (nSPS) is 15.6. The molecule has 7 heteroatoms. The maximum Gasteiger partial charge on any atom is 0.349 e. The van der Waals surface area contributed by atoms with E-state index in [-0.39, 0.29) is 5.57 Å². The molecule has 28 heavy (non-hydrogen) atoms. The van der Waals surface area contributed by atoms with Crippen molar-refractivity contribution in [2.24, 2.45) is 0 Å². The molecule has 0 radical (unpaired) electrons. The predicted molar refractivity (Wildman–Crippen MR) is 105 cm³/mol. The predicted octanol–water partition coefficient (Wildman–Crippen LogP) is 2.55. The molecule has 0 saturated heterocycles. The second-order valence-corrected chi connectivity index (χ2v) is 7.03. The Bertz CT molecular complexity index is 823. The van der Waals surface area contributed by atoms with Gasteiger partial charge in [0, 0.05) is 19.8 Å². The van der Waals surface area contributed by atoms with Crippen LogP contribution in [0.25, 0.3) is 6.08 Å². The summed E-state index contributed by atoms with van der Waals surface area (Å²) in [6, 6.07) is 11.3. The van der Waals surface area contributed by atoms with E-state index in [4.69, 9.17) is 4.74 Å². The standard InChI is InChI=1S/C21H24N4O3/c1-25(2)18-8-6-16(7-9-18)12-17(13-22)20(27)28-14-19(26)24-21(15-23)10-4-3-5-11-21/h6-9,12H,3-5,10-11,14H2,1-2H3,(H,24,26)/b17-12+. The van der Waals surface area contributed by atoms with E-state index in [2.05, 4.69) is 11.4 Å². The Balaban J connectivity index is 1.95. The van der Waals surface area contributed by atoms with E-state index >= 15 is 0 Å². The number of esters is 1. The van der Waals surface area contributed by atoms with Crippen molar-refractivity contribution in [1.29, 1.82) is 10.5 Å². The Morgan fingerprint density at radius 1 is 1.18 bits per heavy atom. The van der Waals surface area contributed by atoms with Gasteiger partial charge in [0.25, 0.3) is 5.91 Å². The second kappa shape index (κ2) is 9.57. The number of nitriles is 2. The van der Waals surface area contributed by atoms with E-state index in [9.17, 15) is 20.1 Å². The molecule has 0 atom stereocenters. The largest absolute Gasteiger partial charge is 0.451 e. The molecule has 0 aromatic heterocycles. The Morgan fingerprint density at radius 2 is 1.82 bits per heavy atom. The van der Waals surface area contributed by atoms with Crippen LogP contribution in [-0.2, 0) is 14.3 Å². The number of nitrogens with zero attached hydrogens (tertiary/aromatic N) is 3. The number of anilines is 1. The van der Waals surface area contributed by atoms with Crippen LogP contribution in [0.4, 0.5) is 5.69 Å². The Kier molecular flexibility index (Phi) is 7.17. The van der Waals surface area contributed by atoms with Crippen LogP contribution in [0, 0.1) is 22.7 Å². The van der Waals surface area contributed by atoms with E-state index < -0.39 is 24.0 Å². The fourth-order valence-electron chi connectivity index (χ4n) is 3.10. The molecule has 146 valence electrons. The van der Waals surface area contributed by atoms with Crippen LogP contribution in [0.1, 0.15) is 37.7 Å². The van der Waals surface area contributed by atoms with E-state index in [1.807, 2.05) is 31.1 Å². The summed E-state index contributed by atoms with van der Waals surface area (Å²) in [5.74, 6) is -1.41. The van der Waals surface area contributed by atoms with Gasteiger partial charge < -0.3 is 15.0 Å². The molecule has 1 saturated carbocycles. The molecular weight excluding hydrogens is 356 g/mol. The smallest absolute Gasteiger partial charge is 0.349 e. The maximum absolute atomic E-state index is 12.1. The van der Waals surface area contributed by atoms with Crippen molar-refractivity contribution in [1.82, 2.24) is 5.32 Å². The molecule has 2 rings (SSSR count). The SMILES string of the molecule is CN(C)c1ccc(/C=C(\C#N)C(=O)OCC(=O)NC2(C#N)CCCCC2)cc1. The van der Waals surface area contributed by atoms with Gasteiger partial charge in [0.1, 0.15) is 17.2 Å². The third kappa shape index (κ3) is 5.59. The summed E-state index contributed by atoms with van der Waals surface area (Å²) < 4.78 is 4.96. The number of hydrogen-bond acceptors (Lipinski definition) is 6. The highest BCUT2D eigenvalue weighted by Gasteiger charge is 2.33. The number of carbonyl (C=O) groups is 2. The van der Waals surface area contributed by atoms with Crippen LogP contribution >= 0.6 is 0 Å². The zero-order valence-electron chi connectivity index (χ0n) is 16.2. The molecular formula is C21H24N4O3. The summed E-state index contributed by atoms with van der Waals surface area (Å²) in [5, 5.41) is 21.3. The van der Waals surface area contributed by atoms with Gasteiger partial charge in [-0.05, 0) is 36.6 Å². The zero-order chi connectivity index (χ0) is 20.6. The molecule has 0 bridgehead atoms. The summed E-state index contributed by atoms with van der Waals surface area (Å²) in [5.41, 5.74) is 0.584. The van der Waals surface area contributed by atoms with Crippen molar-refractivity contribution >= 4 is 23.6 Å². The van der Waals surface area contributed by atoms with E-state index in [0.29, 0.717) is 18.4 Å². The monoisotopic (exact) mass is 380 g/mol. The van der Waals surface area contributed by atoms with Crippen LogP contribution < -0.4 is 10.2 Å². The van der Waals surface area contributed by atoms with Crippen molar-refractivity contribution in [3.63, 3.8) is 0 Å². The Morgan fingerprint density at radius 3 is 2.36 bits per heavy atom. The van der Waals surface area contributed by atoms with Crippen molar-refractivity contribution in [3.05, 3.63) is 35.4 Å². The first-order valence-corrected chi connectivity index (χ1v) is 9.18. The molecule has 0 unspecified atom stereocenters. The summed E-state index contributed by atoms with van der Waals surface area (Å²) in [4.78, 5) is 26.2. The second-order valence-electron chi connectivity index (χ2n) is 7.03. The highest BCUT2D eigenvalue weighted by molar-refractivity contribution is 5.98. The molecule has 7 nitrogen and oxygen atoms in total. The lowest BCUT2D eigenvalue weighted by molar-refractivity contribution is -0.144. The third-order valence-electron chi connectivity index (χ3n) is 4.70. The molecule has 1 aromatic carbocycles. The van der Waals surface area contributed by atoms with Crippen molar-refractivity contribution < 1.29 is 14.3 Å². The lowest BCUT2D eigenvalue weighted by Gasteiger charge is -2.31. The third-order valence-corrected chi connectivity index (χ3v) is 4.70. The first kappa shape index (κ1) is 21.0. The number of ether oxygens (including phenoxy) is 1. The van der Waals surface area contributed by atoms with Gasteiger partial charge in [0.05, 0.1) is 6.07 Å². The fraction of sp³-hybridized carbons (Fsp3) is 0.429. The number of rotatable bonds is 6. The lowest BCUT2D eigenvalue weighted by atomic mass is 9.83. The summed E-state index contributed by atoms with van der Waals surface area (Å²) in [6.07, 6.45) is 5.39. The zero-order valence-corrected chi connectivity index (χ0v) is 16.2. The minimum atomic E-state index is -0.885. The van der Waals surface area contributed by atoms with Gasteiger partial charge in [0.2, 0.25) is 0 Å². The number of hydrogen-bond donors (Lipinski definition) is 1. The molecule has 1 aromatic rings. The topological polar surface area (TPSA) is 106 Å².